The number of benzene rings is 1. The number of hydrogen-bond acceptors (Lipinski definition) is 3. The Labute approximate surface area is 196 Å². The van der Waals surface area contributed by atoms with Crippen LogP contribution in [-0.4, -0.2) is 47.5 Å². The summed E-state index contributed by atoms with van der Waals surface area (Å²) < 4.78 is 7.96. The van der Waals surface area contributed by atoms with E-state index in [9.17, 15) is 9.59 Å². The number of carbonyl (C=O) groups is 2. The summed E-state index contributed by atoms with van der Waals surface area (Å²) in [6.07, 6.45) is 9.67. The second-order valence-corrected chi connectivity index (χ2v) is 11.0. The van der Waals surface area contributed by atoms with Gasteiger partial charge in [0.1, 0.15) is 5.78 Å². The molecule has 33 heavy (non-hydrogen) atoms. The van der Waals surface area contributed by atoms with Crippen molar-refractivity contribution in [2.45, 2.75) is 57.8 Å². The smallest absolute Gasteiger partial charge is 0.253 e. The number of ketones is 1. The van der Waals surface area contributed by atoms with Gasteiger partial charge in [0.25, 0.3) is 5.91 Å². The second kappa shape index (κ2) is 8.57. The Balaban J connectivity index is 1.21. The van der Waals surface area contributed by atoms with E-state index in [1.165, 1.54) is 41.4 Å². The molecule has 176 valence electrons. The van der Waals surface area contributed by atoms with E-state index in [4.69, 9.17) is 4.74 Å². The summed E-state index contributed by atoms with van der Waals surface area (Å²) in [6, 6.07) is 6.31. The van der Waals surface area contributed by atoms with Gasteiger partial charge in [-0.15, -0.1) is 0 Å². The highest BCUT2D eigenvalue weighted by Crippen LogP contribution is 2.39. The lowest BCUT2D eigenvalue weighted by atomic mass is 9.75. The first-order valence-corrected chi connectivity index (χ1v) is 13.1. The molecule has 1 aromatic heterocycles. The number of hydrogen-bond donors (Lipinski definition) is 0. The molecule has 0 radical (unpaired) electrons. The summed E-state index contributed by atoms with van der Waals surface area (Å²) in [5.41, 5.74) is 4.98. The first-order chi connectivity index (χ1) is 16.1. The van der Waals surface area contributed by atoms with Gasteiger partial charge in [0.15, 0.2) is 0 Å². The first kappa shape index (κ1) is 21.4. The molecule has 2 aromatic rings. The van der Waals surface area contributed by atoms with Crippen LogP contribution in [0.4, 0.5) is 0 Å². The van der Waals surface area contributed by atoms with Crippen LogP contribution >= 0.6 is 0 Å². The largest absolute Gasteiger partial charge is 0.381 e. The number of aryl methyl sites for hydroxylation is 1. The molecule has 1 amide bonds. The Hall–Kier alpha value is -2.14. The van der Waals surface area contributed by atoms with E-state index in [0.717, 1.165) is 75.8 Å². The van der Waals surface area contributed by atoms with Crippen LogP contribution in [0.1, 0.15) is 66.6 Å². The van der Waals surface area contributed by atoms with Crippen LogP contribution in [-0.2, 0) is 29.4 Å². The van der Waals surface area contributed by atoms with Crippen molar-refractivity contribution in [1.82, 2.24) is 9.47 Å². The molecule has 3 fully saturated rings. The first-order valence-electron chi connectivity index (χ1n) is 13.1. The predicted octanol–water partition coefficient (Wildman–Crippen LogP) is 4.54. The molecule has 0 N–H and O–H groups in total. The van der Waals surface area contributed by atoms with Crippen LogP contribution in [0.3, 0.4) is 0 Å². The maximum atomic E-state index is 13.4. The number of amides is 1. The van der Waals surface area contributed by atoms with Crippen molar-refractivity contribution in [2.75, 3.05) is 26.3 Å². The highest BCUT2D eigenvalue weighted by Gasteiger charge is 2.35. The molecule has 2 aliphatic heterocycles. The number of ether oxygens (including phenoxy) is 1. The Morgan fingerprint density at radius 2 is 1.85 bits per heavy atom. The summed E-state index contributed by atoms with van der Waals surface area (Å²) in [7, 11) is 2.18. The average Bonchev–Trinajstić information content (AvgIpc) is 3.55. The molecule has 0 spiro atoms. The third kappa shape index (κ3) is 4.03. The van der Waals surface area contributed by atoms with Crippen LogP contribution in [0.2, 0.25) is 0 Å². The lowest BCUT2D eigenvalue weighted by Gasteiger charge is -2.33. The molecular weight excluding hydrogens is 412 g/mol. The minimum absolute atomic E-state index is 0.132. The van der Waals surface area contributed by atoms with Crippen LogP contribution in [0.25, 0.3) is 10.9 Å². The molecule has 3 heterocycles. The van der Waals surface area contributed by atoms with Crippen molar-refractivity contribution >= 4 is 22.6 Å². The van der Waals surface area contributed by atoms with E-state index < -0.39 is 0 Å². The molecule has 5 heteroatoms. The molecule has 2 saturated heterocycles. The van der Waals surface area contributed by atoms with Crippen LogP contribution < -0.4 is 0 Å². The number of rotatable bonds is 5. The van der Waals surface area contributed by atoms with Crippen molar-refractivity contribution in [3.05, 3.63) is 35.0 Å². The third-order valence-corrected chi connectivity index (χ3v) is 8.93. The number of likely N-dealkylation sites (tertiary alicyclic amines) is 1. The Morgan fingerprint density at radius 1 is 1.03 bits per heavy atom. The Bertz CT molecular complexity index is 1080. The zero-order chi connectivity index (χ0) is 22.5. The minimum Gasteiger partial charge on any atom is -0.381 e. The fraction of sp³-hybridized carbons (Fsp3) is 0.643. The predicted molar refractivity (Wildman–Crippen MR) is 128 cm³/mol. The van der Waals surface area contributed by atoms with Gasteiger partial charge in [0, 0.05) is 67.8 Å². The lowest BCUT2D eigenvalue weighted by Crippen LogP contribution is -2.29. The summed E-state index contributed by atoms with van der Waals surface area (Å²) in [4.78, 5) is 27.6. The zero-order valence-electron chi connectivity index (χ0n) is 19.9. The quantitative estimate of drug-likeness (QED) is 0.675. The van der Waals surface area contributed by atoms with Gasteiger partial charge < -0.3 is 14.2 Å². The van der Waals surface area contributed by atoms with Crippen molar-refractivity contribution in [3.63, 3.8) is 0 Å². The van der Waals surface area contributed by atoms with Crippen LogP contribution in [0.15, 0.2) is 18.2 Å². The minimum atomic E-state index is 0.132. The van der Waals surface area contributed by atoms with Crippen molar-refractivity contribution < 1.29 is 14.3 Å². The van der Waals surface area contributed by atoms with Crippen molar-refractivity contribution in [1.29, 1.82) is 0 Å². The van der Waals surface area contributed by atoms with Gasteiger partial charge in [-0.1, -0.05) is 0 Å². The van der Waals surface area contributed by atoms with E-state index in [-0.39, 0.29) is 5.91 Å². The van der Waals surface area contributed by atoms with Gasteiger partial charge in [-0.05, 0) is 92.9 Å². The van der Waals surface area contributed by atoms with Gasteiger partial charge in [-0.25, -0.2) is 0 Å². The lowest BCUT2D eigenvalue weighted by molar-refractivity contribution is -0.121. The topological polar surface area (TPSA) is 51.5 Å². The van der Waals surface area contributed by atoms with E-state index in [1.807, 2.05) is 11.0 Å². The van der Waals surface area contributed by atoms with Gasteiger partial charge in [-0.2, -0.15) is 0 Å². The maximum Gasteiger partial charge on any atom is 0.253 e. The van der Waals surface area contributed by atoms with Crippen LogP contribution in [0.5, 0.6) is 0 Å². The molecule has 1 aromatic carbocycles. The molecular formula is C28H36N2O3. The highest BCUT2D eigenvalue weighted by molar-refractivity contribution is 5.99. The molecule has 1 saturated carbocycles. The number of aromatic nitrogens is 1. The van der Waals surface area contributed by atoms with Gasteiger partial charge in [0.05, 0.1) is 0 Å². The molecule has 2 atom stereocenters. The van der Waals surface area contributed by atoms with Crippen molar-refractivity contribution in [3.8, 4) is 0 Å². The van der Waals surface area contributed by atoms with E-state index in [0.29, 0.717) is 24.0 Å². The van der Waals surface area contributed by atoms with E-state index in [2.05, 4.69) is 23.7 Å². The SMILES string of the molecule is Cn1c2c(c3cc(C(=O)N4CC[C@H](CC(=O)C5CC5)C4)ccc31)CC(C1CCOCC1)CC2. The molecule has 4 aliphatic rings. The van der Waals surface area contributed by atoms with Crippen molar-refractivity contribution in [2.24, 2.45) is 30.7 Å². The molecule has 2 aliphatic carbocycles. The molecule has 6 rings (SSSR count). The summed E-state index contributed by atoms with van der Waals surface area (Å²) in [5.74, 6) is 2.72. The fourth-order valence-corrected chi connectivity index (χ4v) is 6.75. The van der Waals surface area contributed by atoms with Crippen LogP contribution in [0, 0.1) is 23.7 Å². The summed E-state index contributed by atoms with van der Waals surface area (Å²) >= 11 is 0. The Kier molecular flexibility index (Phi) is 5.56. The fourth-order valence-electron chi connectivity index (χ4n) is 6.75. The second-order valence-electron chi connectivity index (χ2n) is 11.0. The summed E-state index contributed by atoms with van der Waals surface area (Å²) in [5, 5.41) is 1.27. The summed E-state index contributed by atoms with van der Waals surface area (Å²) in [6.45, 7) is 3.32. The number of carbonyl (C=O) groups excluding carboxylic acids is 2. The molecule has 0 bridgehead atoms. The van der Waals surface area contributed by atoms with Gasteiger partial charge >= 0.3 is 0 Å². The highest BCUT2D eigenvalue weighted by atomic mass is 16.5. The third-order valence-electron chi connectivity index (χ3n) is 8.93. The molecule has 1 unspecified atom stereocenters. The molecule has 5 nitrogen and oxygen atoms in total. The number of nitrogens with zero attached hydrogens (tertiary/aromatic N) is 2. The van der Waals surface area contributed by atoms with E-state index in [1.54, 1.807) is 0 Å². The maximum absolute atomic E-state index is 13.4. The zero-order valence-corrected chi connectivity index (χ0v) is 19.9. The monoisotopic (exact) mass is 448 g/mol. The average molecular weight is 449 g/mol. The van der Waals surface area contributed by atoms with Gasteiger partial charge in [-0.3, -0.25) is 9.59 Å². The Morgan fingerprint density at radius 3 is 2.64 bits per heavy atom. The normalized spacial score (nSPS) is 26.0. The van der Waals surface area contributed by atoms with Gasteiger partial charge in [0.2, 0.25) is 0 Å². The standard InChI is InChI=1S/C28H36N2O3/c1-29-25-6-4-21(19-9-12-33-13-10-19)15-23(25)24-16-22(5-7-26(24)29)28(32)30-11-8-18(17-30)14-27(31)20-2-3-20/h5,7,16,18-21H,2-4,6,8-15,17H2,1H3/t18-,21?/m1/s1. The number of fused-ring (bicyclic) bond motifs is 3. The number of Topliss-reactive ketones (excluding diaryl/α,β-unsaturated/α-hetero) is 1. The van der Waals surface area contributed by atoms with E-state index >= 15 is 0 Å².